The van der Waals surface area contributed by atoms with Crippen LogP contribution in [0.5, 0.6) is 0 Å². The van der Waals surface area contributed by atoms with E-state index in [2.05, 4.69) is 16.4 Å². The van der Waals surface area contributed by atoms with Gasteiger partial charge < -0.3 is 15.3 Å². The van der Waals surface area contributed by atoms with Gasteiger partial charge in [0.1, 0.15) is 5.82 Å². The minimum atomic E-state index is -0.719. The fourth-order valence-electron chi connectivity index (χ4n) is 3.91. The highest BCUT2D eigenvalue weighted by Crippen LogP contribution is 2.24. The first kappa shape index (κ1) is 22.2. The molecule has 2 aliphatic heterocycles. The fraction of sp³-hybridized carbons (Fsp3) is 0.682. The molecule has 0 aromatic carbocycles. The number of anilines is 1. The van der Waals surface area contributed by atoms with Crippen molar-refractivity contribution in [3.05, 3.63) is 23.4 Å². The first-order valence-electron chi connectivity index (χ1n) is 10.8. The molecule has 0 spiro atoms. The molecule has 1 aromatic rings. The fourth-order valence-corrected chi connectivity index (χ4v) is 3.91. The van der Waals surface area contributed by atoms with Crippen molar-refractivity contribution in [2.45, 2.75) is 71.6 Å². The lowest BCUT2D eigenvalue weighted by molar-refractivity contribution is -0.137. The number of aliphatic carboxylic acids is 1. The zero-order valence-electron chi connectivity index (χ0n) is 17.4. The number of hydrogen-bond acceptors (Lipinski definition) is 4. The van der Waals surface area contributed by atoms with Crippen molar-refractivity contribution in [3.8, 4) is 0 Å². The van der Waals surface area contributed by atoms with Crippen LogP contribution in [-0.4, -0.2) is 46.5 Å². The number of likely N-dealkylation sites (tertiary alicyclic amines) is 1. The Labute approximate surface area is 168 Å². The highest BCUT2D eigenvalue weighted by atomic mass is 16.4. The van der Waals surface area contributed by atoms with E-state index in [4.69, 9.17) is 5.11 Å². The van der Waals surface area contributed by atoms with Gasteiger partial charge in [0, 0.05) is 38.2 Å². The second-order valence-corrected chi connectivity index (χ2v) is 7.45. The van der Waals surface area contributed by atoms with E-state index in [1.165, 1.54) is 5.56 Å². The molecule has 3 rings (SSSR count). The third-order valence-electron chi connectivity index (χ3n) is 5.52. The molecular formula is C22H35N3O3. The van der Waals surface area contributed by atoms with Crippen LogP contribution in [-0.2, 0) is 22.4 Å². The van der Waals surface area contributed by atoms with Gasteiger partial charge in [0.25, 0.3) is 0 Å². The molecule has 0 radical (unpaired) electrons. The number of carboxylic acid groups (broad SMARTS) is 1. The third kappa shape index (κ3) is 6.80. The Hall–Kier alpha value is -2.11. The van der Waals surface area contributed by atoms with Gasteiger partial charge >= 0.3 is 5.97 Å². The number of hydrogen-bond donors (Lipinski definition) is 2. The molecule has 0 aliphatic carbocycles. The zero-order valence-corrected chi connectivity index (χ0v) is 17.4. The van der Waals surface area contributed by atoms with Gasteiger partial charge in [0.2, 0.25) is 5.91 Å². The van der Waals surface area contributed by atoms with Crippen LogP contribution >= 0.6 is 0 Å². The number of aryl methyl sites for hydroxylation is 2. The van der Waals surface area contributed by atoms with Gasteiger partial charge in [-0.2, -0.15) is 0 Å². The van der Waals surface area contributed by atoms with Crippen molar-refractivity contribution < 1.29 is 14.7 Å². The number of carbonyl (C=O) groups excluding carboxylic acids is 1. The largest absolute Gasteiger partial charge is 0.481 e. The van der Waals surface area contributed by atoms with Crippen LogP contribution in [0.4, 0.5) is 5.82 Å². The van der Waals surface area contributed by atoms with E-state index in [1.807, 2.05) is 24.8 Å². The average molecular weight is 390 g/mol. The number of fused-ring (bicyclic) bond motifs is 1. The number of piperidine rings is 1. The number of carbonyl (C=O) groups is 2. The lowest BCUT2D eigenvalue weighted by Gasteiger charge is -2.32. The molecule has 156 valence electrons. The van der Waals surface area contributed by atoms with Gasteiger partial charge in [0.15, 0.2) is 0 Å². The second-order valence-electron chi connectivity index (χ2n) is 7.45. The predicted molar refractivity (Wildman–Crippen MR) is 112 cm³/mol. The van der Waals surface area contributed by atoms with Gasteiger partial charge in [-0.3, -0.25) is 9.59 Å². The van der Waals surface area contributed by atoms with Crippen molar-refractivity contribution in [2.75, 3.05) is 25.0 Å². The Morgan fingerprint density at radius 2 is 1.96 bits per heavy atom. The second kappa shape index (κ2) is 11.7. The van der Waals surface area contributed by atoms with Gasteiger partial charge in [-0.25, -0.2) is 4.98 Å². The van der Waals surface area contributed by atoms with Crippen LogP contribution in [0.3, 0.4) is 0 Å². The van der Waals surface area contributed by atoms with Gasteiger partial charge in [-0.05, 0) is 62.5 Å². The minimum absolute atomic E-state index is 0.210. The van der Waals surface area contributed by atoms with E-state index < -0.39 is 5.97 Å². The number of rotatable bonds is 7. The van der Waals surface area contributed by atoms with Crippen LogP contribution < -0.4 is 5.32 Å². The van der Waals surface area contributed by atoms with Crippen LogP contribution in [0.15, 0.2) is 12.1 Å². The summed E-state index contributed by atoms with van der Waals surface area (Å²) in [4.78, 5) is 29.7. The third-order valence-corrected chi connectivity index (χ3v) is 5.52. The van der Waals surface area contributed by atoms with Crippen molar-refractivity contribution in [2.24, 2.45) is 5.92 Å². The number of nitrogens with one attached hydrogen (secondary N) is 1. The van der Waals surface area contributed by atoms with E-state index in [0.717, 1.165) is 69.7 Å². The highest BCUT2D eigenvalue weighted by molar-refractivity contribution is 5.76. The maximum atomic E-state index is 12.5. The molecule has 6 nitrogen and oxygen atoms in total. The van der Waals surface area contributed by atoms with E-state index in [-0.39, 0.29) is 12.3 Å². The molecule has 0 bridgehead atoms. The molecule has 0 saturated carbocycles. The smallest absolute Gasteiger partial charge is 0.303 e. The summed E-state index contributed by atoms with van der Waals surface area (Å²) in [6.45, 7) is 6.58. The first-order chi connectivity index (χ1) is 13.6. The molecule has 2 aliphatic rings. The molecule has 2 N–H and O–H groups in total. The molecule has 1 fully saturated rings. The maximum absolute atomic E-state index is 12.5. The van der Waals surface area contributed by atoms with Crippen molar-refractivity contribution in [1.82, 2.24) is 9.88 Å². The monoisotopic (exact) mass is 389 g/mol. The molecule has 0 atom stereocenters. The van der Waals surface area contributed by atoms with E-state index in [9.17, 15) is 9.59 Å². The Kier molecular flexibility index (Phi) is 9.24. The number of amides is 1. The van der Waals surface area contributed by atoms with Crippen molar-refractivity contribution in [3.63, 3.8) is 0 Å². The SMILES string of the molecule is CC.O=C(O)CCCC1CCN(C(=O)CCc2ccc3c(n2)NCCC3)CC1. The topological polar surface area (TPSA) is 82.5 Å². The molecule has 3 heterocycles. The van der Waals surface area contributed by atoms with Gasteiger partial charge in [-0.1, -0.05) is 19.9 Å². The van der Waals surface area contributed by atoms with Crippen LogP contribution in [0.1, 0.15) is 70.1 Å². The highest BCUT2D eigenvalue weighted by Gasteiger charge is 2.22. The summed E-state index contributed by atoms with van der Waals surface area (Å²) in [7, 11) is 0. The average Bonchev–Trinajstić information content (AvgIpc) is 2.73. The quantitative estimate of drug-likeness (QED) is 0.739. The van der Waals surface area contributed by atoms with E-state index in [0.29, 0.717) is 18.8 Å². The van der Waals surface area contributed by atoms with E-state index >= 15 is 0 Å². The van der Waals surface area contributed by atoms with E-state index in [1.54, 1.807) is 0 Å². The lowest BCUT2D eigenvalue weighted by Crippen LogP contribution is -2.38. The molecule has 28 heavy (non-hydrogen) atoms. The predicted octanol–water partition coefficient (Wildman–Crippen LogP) is 3.89. The Morgan fingerprint density at radius 3 is 2.68 bits per heavy atom. The summed E-state index contributed by atoms with van der Waals surface area (Å²) in [5, 5.41) is 12.1. The molecule has 1 amide bonds. The van der Waals surface area contributed by atoms with Crippen LogP contribution in [0.25, 0.3) is 0 Å². The van der Waals surface area contributed by atoms with Gasteiger partial charge in [-0.15, -0.1) is 0 Å². The summed E-state index contributed by atoms with van der Waals surface area (Å²) >= 11 is 0. The number of pyridine rings is 1. The molecule has 1 saturated heterocycles. The number of nitrogens with zero attached hydrogens (tertiary/aromatic N) is 2. The minimum Gasteiger partial charge on any atom is -0.481 e. The summed E-state index contributed by atoms with van der Waals surface area (Å²) in [6, 6.07) is 4.19. The van der Waals surface area contributed by atoms with Crippen molar-refractivity contribution in [1.29, 1.82) is 0 Å². The molecule has 6 heteroatoms. The number of aromatic nitrogens is 1. The summed E-state index contributed by atoms with van der Waals surface area (Å²) in [5.74, 6) is 1.04. The zero-order chi connectivity index (χ0) is 20.4. The molecule has 1 aromatic heterocycles. The van der Waals surface area contributed by atoms with Gasteiger partial charge in [0.05, 0.1) is 0 Å². The first-order valence-corrected chi connectivity index (χ1v) is 10.8. The summed E-state index contributed by atoms with van der Waals surface area (Å²) in [6.07, 6.45) is 7.36. The summed E-state index contributed by atoms with van der Waals surface area (Å²) < 4.78 is 0. The summed E-state index contributed by atoms with van der Waals surface area (Å²) in [5.41, 5.74) is 2.26. The van der Waals surface area contributed by atoms with Crippen LogP contribution in [0, 0.1) is 5.92 Å². The van der Waals surface area contributed by atoms with Crippen molar-refractivity contribution >= 4 is 17.7 Å². The molecule has 0 unspecified atom stereocenters. The Bertz CT molecular complexity index is 640. The normalized spacial score (nSPS) is 16.4. The Balaban J connectivity index is 0.00000136. The molecular weight excluding hydrogens is 354 g/mol. The lowest BCUT2D eigenvalue weighted by atomic mass is 9.91. The maximum Gasteiger partial charge on any atom is 0.303 e. The Morgan fingerprint density at radius 1 is 1.21 bits per heavy atom. The standard InChI is InChI=1S/C20H29N3O3.C2H6/c24-18(23-13-10-15(11-14-23)3-1-5-19(25)26)9-8-17-7-6-16-4-2-12-21-20(16)22-17;1-2/h6-7,15H,1-5,8-14H2,(H,21,22)(H,25,26);1-2H3. The van der Waals surface area contributed by atoms with Crippen LogP contribution in [0.2, 0.25) is 0 Å². The number of carboxylic acids is 1.